The summed E-state index contributed by atoms with van der Waals surface area (Å²) in [6.45, 7) is 2.65. The van der Waals surface area contributed by atoms with Gasteiger partial charge in [0, 0.05) is 15.7 Å². The van der Waals surface area contributed by atoms with E-state index in [1.165, 1.54) is 0 Å². The van der Waals surface area contributed by atoms with E-state index in [9.17, 15) is 4.79 Å². The van der Waals surface area contributed by atoms with E-state index < -0.39 is 0 Å². The van der Waals surface area contributed by atoms with Crippen molar-refractivity contribution in [2.45, 2.75) is 13.3 Å². The van der Waals surface area contributed by atoms with Crippen molar-refractivity contribution in [1.82, 2.24) is 0 Å². The zero-order valence-electron chi connectivity index (χ0n) is 11.7. The van der Waals surface area contributed by atoms with Gasteiger partial charge in [-0.2, -0.15) is 0 Å². The molecule has 0 radical (unpaired) electrons. The summed E-state index contributed by atoms with van der Waals surface area (Å²) < 4.78 is 6.32. The molecule has 5 heteroatoms. The van der Waals surface area contributed by atoms with E-state index in [0.717, 1.165) is 6.42 Å². The molecule has 0 saturated heterocycles. The fraction of sp³-hybridized carbons (Fsp3) is 0.188. The first-order valence-corrected chi connectivity index (χ1v) is 7.49. The summed E-state index contributed by atoms with van der Waals surface area (Å²) in [4.78, 5) is 12.3. The van der Waals surface area contributed by atoms with E-state index in [4.69, 9.17) is 10.5 Å². The number of nitrogens with one attached hydrogen (secondary N) is 1. The van der Waals surface area contributed by atoms with Crippen molar-refractivity contribution in [3.63, 3.8) is 0 Å². The maximum atomic E-state index is 12.3. The maximum absolute atomic E-state index is 12.3. The number of carbonyl (C=O) groups is 1. The second kappa shape index (κ2) is 7.13. The SMILES string of the molecule is CCCOc1ccccc1NC(=O)c1ccc(N)c(Br)c1. The molecule has 2 aromatic rings. The molecular weight excluding hydrogens is 332 g/mol. The summed E-state index contributed by atoms with van der Waals surface area (Å²) in [7, 11) is 0. The summed E-state index contributed by atoms with van der Waals surface area (Å²) in [6.07, 6.45) is 0.910. The molecular formula is C16H17BrN2O2. The van der Waals surface area contributed by atoms with Crippen molar-refractivity contribution in [3.05, 3.63) is 52.5 Å². The normalized spacial score (nSPS) is 10.2. The van der Waals surface area contributed by atoms with E-state index in [0.29, 0.717) is 33.8 Å². The molecule has 1 amide bonds. The third-order valence-corrected chi connectivity index (χ3v) is 3.55. The predicted octanol–water partition coefficient (Wildman–Crippen LogP) is 4.07. The minimum absolute atomic E-state index is 0.205. The first-order chi connectivity index (χ1) is 10.1. The van der Waals surface area contributed by atoms with Crippen molar-refractivity contribution >= 4 is 33.2 Å². The zero-order chi connectivity index (χ0) is 15.2. The van der Waals surface area contributed by atoms with Gasteiger partial charge in [-0.15, -0.1) is 0 Å². The van der Waals surface area contributed by atoms with Crippen molar-refractivity contribution in [2.24, 2.45) is 0 Å². The quantitative estimate of drug-likeness (QED) is 0.800. The van der Waals surface area contributed by atoms with Crippen LogP contribution in [0.1, 0.15) is 23.7 Å². The Balaban J connectivity index is 2.17. The van der Waals surface area contributed by atoms with Crippen LogP contribution in [0.25, 0.3) is 0 Å². The number of ether oxygens (including phenoxy) is 1. The fourth-order valence-corrected chi connectivity index (χ4v) is 2.15. The summed E-state index contributed by atoms with van der Waals surface area (Å²) in [5.74, 6) is 0.463. The highest BCUT2D eigenvalue weighted by molar-refractivity contribution is 9.10. The van der Waals surface area contributed by atoms with Gasteiger partial charge in [-0.05, 0) is 52.7 Å². The van der Waals surface area contributed by atoms with Crippen LogP contribution in [0, 0.1) is 0 Å². The van der Waals surface area contributed by atoms with E-state index in [1.807, 2.05) is 31.2 Å². The van der Waals surface area contributed by atoms with Crippen LogP contribution in [-0.4, -0.2) is 12.5 Å². The zero-order valence-corrected chi connectivity index (χ0v) is 13.3. The summed E-state index contributed by atoms with van der Waals surface area (Å²) in [6, 6.07) is 12.5. The van der Waals surface area contributed by atoms with Gasteiger partial charge >= 0.3 is 0 Å². The van der Waals surface area contributed by atoms with Gasteiger partial charge in [-0.3, -0.25) is 4.79 Å². The fourth-order valence-electron chi connectivity index (χ4n) is 1.77. The van der Waals surface area contributed by atoms with Crippen molar-refractivity contribution in [1.29, 1.82) is 0 Å². The summed E-state index contributed by atoms with van der Waals surface area (Å²) >= 11 is 3.32. The highest BCUT2D eigenvalue weighted by Crippen LogP contribution is 2.26. The Bertz CT molecular complexity index is 644. The Morgan fingerprint density at radius 1 is 1.29 bits per heavy atom. The molecule has 0 bridgehead atoms. The predicted molar refractivity (Wildman–Crippen MR) is 88.7 cm³/mol. The monoisotopic (exact) mass is 348 g/mol. The molecule has 0 spiro atoms. The number of hydrogen-bond acceptors (Lipinski definition) is 3. The molecule has 21 heavy (non-hydrogen) atoms. The molecule has 0 fully saturated rings. The summed E-state index contributed by atoms with van der Waals surface area (Å²) in [5.41, 5.74) is 7.50. The first kappa shape index (κ1) is 15.4. The van der Waals surface area contributed by atoms with Crippen LogP contribution in [0.2, 0.25) is 0 Å². The average molecular weight is 349 g/mol. The molecule has 0 aromatic heterocycles. The Hall–Kier alpha value is -2.01. The lowest BCUT2D eigenvalue weighted by molar-refractivity contribution is 0.102. The summed E-state index contributed by atoms with van der Waals surface area (Å²) in [5, 5.41) is 2.86. The number of halogens is 1. The molecule has 3 N–H and O–H groups in total. The molecule has 110 valence electrons. The molecule has 0 atom stereocenters. The van der Waals surface area contributed by atoms with E-state index in [1.54, 1.807) is 18.2 Å². The molecule has 0 aliphatic rings. The Kier molecular flexibility index (Phi) is 5.22. The third kappa shape index (κ3) is 3.98. The number of rotatable bonds is 5. The van der Waals surface area contributed by atoms with Crippen molar-refractivity contribution < 1.29 is 9.53 Å². The largest absolute Gasteiger partial charge is 0.491 e. The highest BCUT2D eigenvalue weighted by Gasteiger charge is 2.10. The lowest BCUT2D eigenvalue weighted by Gasteiger charge is -2.12. The Morgan fingerprint density at radius 2 is 2.05 bits per heavy atom. The maximum Gasteiger partial charge on any atom is 0.255 e. The first-order valence-electron chi connectivity index (χ1n) is 6.70. The van der Waals surface area contributed by atoms with Gasteiger partial charge in [-0.1, -0.05) is 19.1 Å². The number of nitrogen functional groups attached to an aromatic ring is 1. The molecule has 0 heterocycles. The van der Waals surface area contributed by atoms with Gasteiger partial charge < -0.3 is 15.8 Å². The minimum Gasteiger partial charge on any atom is -0.491 e. The number of benzene rings is 2. The standard InChI is InChI=1S/C16H17BrN2O2/c1-2-9-21-15-6-4-3-5-14(15)19-16(20)11-7-8-13(18)12(17)10-11/h3-8,10H,2,9,18H2,1H3,(H,19,20). The van der Waals surface area contributed by atoms with Crippen LogP contribution in [0.3, 0.4) is 0 Å². The molecule has 2 aromatic carbocycles. The second-order valence-electron chi connectivity index (χ2n) is 4.54. The van der Waals surface area contributed by atoms with Crippen LogP contribution in [0.15, 0.2) is 46.9 Å². The number of amides is 1. The lowest BCUT2D eigenvalue weighted by Crippen LogP contribution is -2.13. The molecule has 4 nitrogen and oxygen atoms in total. The van der Waals surface area contributed by atoms with Crippen LogP contribution in [0.4, 0.5) is 11.4 Å². The number of para-hydroxylation sites is 2. The van der Waals surface area contributed by atoms with Gasteiger partial charge in [0.15, 0.2) is 0 Å². The van der Waals surface area contributed by atoms with Crippen molar-refractivity contribution in [3.8, 4) is 5.75 Å². The van der Waals surface area contributed by atoms with Crippen molar-refractivity contribution in [2.75, 3.05) is 17.7 Å². The van der Waals surface area contributed by atoms with Crippen LogP contribution in [-0.2, 0) is 0 Å². The van der Waals surface area contributed by atoms with Crippen LogP contribution in [0.5, 0.6) is 5.75 Å². The molecule has 0 aliphatic heterocycles. The third-order valence-electron chi connectivity index (χ3n) is 2.86. The van der Waals surface area contributed by atoms with Gasteiger partial charge in [0.2, 0.25) is 0 Å². The Morgan fingerprint density at radius 3 is 2.76 bits per heavy atom. The lowest BCUT2D eigenvalue weighted by atomic mass is 10.2. The molecule has 0 saturated carbocycles. The number of hydrogen-bond donors (Lipinski definition) is 2. The van der Waals surface area contributed by atoms with Crippen LogP contribution >= 0.6 is 15.9 Å². The molecule has 2 rings (SSSR count). The number of nitrogens with two attached hydrogens (primary N) is 1. The number of carbonyl (C=O) groups excluding carboxylic acids is 1. The van der Waals surface area contributed by atoms with Gasteiger partial charge in [0.1, 0.15) is 5.75 Å². The second-order valence-corrected chi connectivity index (χ2v) is 5.39. The topological polar surface area (TPSA) is 64.3 Å². The van der Waals surface area contributed by atoms with Gasteiger partial charge in [0.25, 0.3) is 5.91 Å². The minimum atomic E-state index is -0.205. The smallest absolute Gasteiger partial charge is 0.255 e. The van der Waals surface area contributed by atoms with E-state index >= 15 is 0 Å². The Labute approximate surface area is 132 Å². The average Bonchev–Trinajstić information content (AvgIpc) is 2.49. The highest BCUT2D eigenvalue weighted by atomic mass is 79.9. The van der Waals surface area contributed by atoms with Gasteiger partial charge in [0.05, 0.1) is 12.3 Å². The molecule has 0 aliphatic carbocycles. The van der Waals surface area contributed by atoms with Gasteiger partial charge in [-0.25, -0.2) is 0 Å². The van der Waals surface area contributed by atoms with Crippen LogP contribution < -0.4 is 15.8 Å². The van der Waals surface area contributed by atoms with E-state index in [-0.39, 0.29) is 5.91 Å². The molecule has 0 unspecified atom stereocenters. The van der Waals surface area contributed by atoms with E-state index in [2.05, 4.69) is 21.2 Å². The number of anilines is 2.